The van der Waals surface area contributed by atoms with Crippen LogP contribution in [0.2, 0.25) is 0 Å². The van der Waals surface area contributed by atoms with Gasteiger partial charge in [-0.25, -0.2) is 0 Å². The third-order valence-electron chi connectivity index (χ3n) is 4.03. The molecule has 3 rings (SSSR count). The Morgan fingerprint density at radius 3 is 2.31 bits per heavy atom. The second kappa shape index (κ2) is 9.90. The van der Waals surface area contributed by atoms with Crippen molar-refractivity contribution in [2.24, 2.45) is 0 Å². The largest absolute Gasteiger partial charge is 0.546 e. The Morgan fingerprint density at radius 1 is 0.828 bits per heavy atom. The summed E-state index contributed by atoms with van der Waals surface area (Å²) >= 11 is 0. The topological polar surface area (TPSA) is 75.7 Å². The number of carbonyl (C=O) groups is 2. The number of hydrogen-bond donors (Lipinski definition) is 0. The van der Waals surface area contributed by atoms with Crippen LogP contribution < -0.4 is 14.6 Å². The van der Waals surface area contributed by atoms with E-state index in [0.29, 0.717) is 17.9 Å². The summed E-state index contributed by atoms with van der Waals surface area (Å²) in [4.78, 5) is 22.7. The maximum atomic E-state index is 12.3. The van der Waals surface area contributed by atoms with E-state index in [4.69, 9.17) is 9.47 Å². The van der Waals surface area contributed by atoms with E-state index < -0.39 is 12.6 Å². The smallest absolute Gasteiger partial charge is 0.185 e. The van der Waals surface area contributed by atoms with Crippen molar-refractivity contribution in [2.45, 2.75) is 6.61 Å². The van der Waals surface area contributed by atoms with Gasteiger partial charge in [-0.05, 0) is 53.6 Å². The fraction of sp³-hybridized carbons (Fsp3) is 0.0833. The van der Waals surface area contributed by atoms with Crippen LogP contribution in [0.4, 0.5) is 0 Å². The zero-order valence-electron chi connectivity index (χ0n) is 15.6. The van der Waals surface area contributed by atoms with E-state index in [1.165, 1.54) is 6.08 Å². The van der Waals surface area contributed by atoms with Gasteiger partial charge in [0.15, 0.2) is 5.78 Å². The lowest BCUT2D eigenvalue weighted by Crippen LogP contribution is -2.28. The zero-order chi connectivity index (χ0) is 20.5. The summed E-state index contributed by atoms with van der Waals surface area (Å²) in [7, 11) is 0. The molecule has 0 aliphatic heterocycles. The van der Waals surface area contributed by atoms with Gasteiger partial charge < -0.3 is 19.4 Å². The number of carboxylic acid groups (broad SMARTS) is 1. The molecule has 146 valence electrons. The van der Waals surface area contributed by atoms with E-state index in [1.54, 1.807) is 30.3 Å². The van der Waals surface area contributed by atoms with Gasteiger partial charge in [0.05, 0.1) is 5.97 Å². The van der Waals surface area contributed by atoms with Crippen molar-refractivity contribution in [3.8, 4) is 11.5 Å². The summed E-state index contributed by atoms with van der Waals surface area (Å²) in [6.45, 7) is -0.0603. The van der Waals surface area contributed by atoms with Gasteiger partial charge in [-0.1, -0.05) is 48.5 Å². The maximum Gasteiger partial charge on any atom is 0.185 e. The molecule has 0 amide bonds. The standard InChI is InChI=1S/C24H20O5/c25-23(20-10-12-21(13-11-20)29-17-24(26)27)14-9-18-7-4-8-22(15-18)28-16-19-5-2-1-3-6-19/h1-15H,16-17H2,(H,26,27)/p-1/b14-9+. The van der Waals surface area contributed by atoms with Gasteiger partial charge in [0.1, 0.15) is 24.7 Å². The van der Waals surface area contributed by atoms with Gasteiger partial charge in [-0.3, -0.25) is 4.79 Å². The molecule has 5 heteroatoms. The lowest BCUT2D eigenvalue weighted by atomic mass is 10.1. The number of carbonyl (C=O) groups excluding carboxylic acids is 2. The third-order valence-corrected chi connectivity index (χ3v) is 4.03. The van der Waals surface area contributed by atoms with E-state index in [2.05, 4.69) is 0 Å². The quantitative estimate of drug-likeness (QED) is 0.416. The van der Waals surface area contributed by atoms with Gasteiger partial charge >= 0.3 is 0 Å². The molecule has 0 radical (unpaired) electrons. The molecule has 0 fully saturated rings. The molecule has 3 aromatic carbocycles. The molecule has 0 saturated heterocycles. The molecule has 0 unspecified atom stereocenters. The van der Waals surface area contributed by atoms with Crippen LogP contribution in [0.15, 0.2) is 84.9 Å². The first-order valence-corrected chi connectivity index (χ1v) is 9.02. The average Bonchev–Trinajstić information content (AvgIpc) is 2.76. The Morgan fingerprint density at radius 2 is 1.59 bits per heavy atom. The summed E-state index contributed by atoms with van der Waals surface area (Å²) in [5, 5.41) is 10.4. The van der Waals surface area contributed by atoms with Crippen LogP contribution in [0, 0.1) is 0 Å². The molecule has 0 heterocycles. The van der Waals surface area contributed by atoms with Gasteiger partial charge in [-0.15, -0.1) is 0 Å². The second-order valence-electron chi connectivity index (χ2n) is 6.23. The summed E-state index contributed by atoms with van der Waals surface area (Å²) < 4.78 is 10.8. The predicted octanol–water partition coefficient (Wildman–Crippen LogP) is 3.29. The Bertz CT molecular complexity index is 991. The van der Waals surface area contributed by atoms with Crippen LogP contribution in [0.5, 0.6) is 11.5 Å². The molecule has 0 saturated carbocycles. The molecule has 0 spiro atoms. The second-order valence-corrected chi connectivity index (χ2v) is 6.23. The highest BCUT2D eigenvalue weighted by atomic mass is 16.5. The van der Waals surface area contributed by atoms with Gasteiger partial charge in [0.2, 0.25) is 0 Å². The number of carboxylic acids is 1. The molecule has 0 N–H and O–H groups in total. The van der Waals surface area contributed by atoms with Crippen molar-refractivity contribution in [2.75, 3.05) is 6.61 Å². The third kappa shape index (κ3) is 6.36. The van der Waals surface area contributed by atoms with E-state index in [0.717, 1.165) is 16.9 Å². The number of benzene rings is 3. The fourth-order valence-electron chi connectivity index (χ4n) is 2.57. The van der Waals surface area contributed by atoms with Crippen LogP contribution in [0.25, 0.3) is 6.08 Å². The van der Waals surface area contributed by atoms with Crippen molar-refractivity contribution in [3.63, 3.8) is 0 Å². The number of ether oxygens (including phenoxy) is 2. The van der Waals surface area contributed by atoms with E-state index in [-0.39, 0.29) is 5.78 Å². The van der Waals surface area contributed by atoms with Crippen molar-refractivity contribution in [1.82, 2.24) is 0 Å². The van der Waals surface area contributed by atoms with Gasteiger partial charge in [0, 0.05) is 5.56 Å². The van der Waals surface area contributed by atoms with Crippen molar-refractivity contribution in [1.29, 1.82) is 0 Å². The van der Waals surface area contributed by atoms with Crippen LogP contribution in [0.1, 0.15) is 21.5 Å². The van der Waals surface area contributed by atoms with E-state index >= 15 is 0 Å². The minimum Gasteiger partial charge on any atom is -0.546 e. The Labute approximate surface area is 168 Å². The summed E-state index contributed by atoms with van der Waals surface area (Å²) in [5.74, 6) is -0.397. The lowest BCUT2D eigenvalue weighted by Gasteiger charge is -2.07. The number of rotatable bonds is 9. The predicted molar refractivity (Wildman–Crippen MR) is 108 cm³/mol. The Balaban J connectivity index is 1.59. The molecule has 5 nitrogen and oxygen atoms in total. The molecule has 0 aromatic heterocycles. The normalized spacial score (nSPS) is 10.6. The summed E-state index contributed by atoms with van der Waals surface area (Å²) in [6.07, 6.45) is 3.20. The van der Waals surface area contributed by atoms with Crippen LogP contribution >= 0.6 is 0 Å². The van der Waals surface area contributed by atoms with E-state index in [1.807, 2.05) is 54.6 Å². The minimum atomic E-state index is -1.30. The van der Waals surface area contributed by atoms with Crippen molar-refractivity contribution >= 4 is 17.8 Å². The van der Waals surface area contributed by atoms with Crippen molar-refractivity contribution < 1.29 is 24.2 Å². The molecule has 0 bridgehead atoms. The van der Waals surface area contributed by atoms with Gasteiger partial charge in [0.25, 0.3) is 0 Å². The molecule has 29 heavy (non-hydrogen) atoms. The summed E-state index contributed by atoms with van der Waals surface area (Å²) in [6, 6.07) is 23.6. The Hall–Kier alpha value is -3.86. The number of aliphatic carboxylic acids is 1. The van der Waals surface area contributed by atoms with E-state index in [9.17, 15) is 14.7 Å². The average molecular weight is 387 g/mol. The molecular weight excluding hydrogens is 368 g/mol. The Kier molecular flexibility index (Phi) is 6.79. The first-order valence-electron chi connectivity index (χ1n) is 9.02. The highest BCUT2D eigenvalue weighted by molar-refractivity contribution is 6.06. The fourth-order valence-corrected chi connectivity index (χ4v) is 2.57. The van der Waals surface area contributed by atoms with Crippen LogP contribution in [-0.2, 0) is 11.4 Å². The van der Waals surface area contributed by atoms with Crippen LogP contribution in [0.3, 0.4) is 0 Å². The molecule has 0 aliphatic carbocycles. The zero-order valence-corrected chi connectivity index (χ0v) is 15.6. The minimum absolute atomic E-state index is 0.174. The monoisotopic (exact) mass is 387 g/mol. The van der Waals surface area contributed by atoms with Crippen LogP contribution in [-0.4, -0.2) is 18.4 Å². The highest BCUT2D eigenvalue weighted by Crippen LogP contribution is 2.17. The maximum absolute atomic E-state index is 12.3. The SMILES string of the molecule is O=C([O-])COc1ccc(C(=O)/C=C/c2cccc(OCc3ccccc3)c2)cc1. The molecule has 0 atom stereocenters. The van der Waals surface area contributed by atoms with Gasteiger partial charge in [-0.2, -0.15) is 0 Å². The molecule has 0 aliphatic rings. The van der Waals surface area contributed by atoms with Crippen molar-refractivity contribution in [3.05, 3.63) is 102 Å². The molecule has 3 aromatic rings. The number of hydrogen-bond acceptors (Lipinski definition) is 5. The number of allylic oxidation sites excluding steroid dienone is 1. The first-order chi connectivity index (χ1) is 14.1. The summed E-state index contributed by atoms with van der Waals surface area (Å²) in [5.41, 5.74) is 2.40. The highest BCUT2D eigenvalue weighted by Gasteiger charge is 2.03. The lowest BCUT2D eigenvalue weighted by molar-refractivity contribution is -0.307. The number of ketones is 1. The molecular formula is C24H19O5-. The first kappa shape index (κ1) is 19.9.